The van der Waals surface area contributed by atoms with Crippen molar-refractivity contribution in [2.45, 2.75) is 33.6 Å². The number of rotatable bonds is 5. The molecule has 0 fully saturated rings. The van der Waals surface area contributed by atoms with E-state index < -0.39 is 0 Å². The summed E-state index contributed by atoms with van der Waals surface area (Å²) in [6.07, 6.45) is 1.55. The minimum Gasteiger partial charge on any atom is -0.343 e. The Labute approximate surface area is 120 Å². The van der Waals surface area contributed by atoms with Crippen LogP contribution in [-0.2, 0) is 11.8 Å². The molecule has 2 amide bonds. The van der Waals surface area contributed by atoms with Crippen molar-refractivity contribution in [1.82, 2.24) is 14.7 Å². The lowest BCUT2D eigenvalue weighted by molar-refractivity contribution is -0.120. The minimum absolute atomic E-state index is 0.0445. The molecule has 0 aliphatic carbocycles. The number of anilines is 1. The smallest absolute Gasteiger partial charge is 0.276 e. The average molecular weight is 280 g/mol. The van der Waals surface area contributed by atoms with Gasteiger partial charge in [0.2, 0.25) is 5.91 Å². The molecule has 1 rings (SSSR count). The molecular weight excluding hydrogens is 256 g/mol. The van der Waals surface area contributed by atoms with E-state index in [4.69, 9.17) is 0 Å². The molecule has 0 spiro atoms. The highest BCUT2D eigenvalue weighted by atomic mass is 16.2. The number of hydrogen-bond acceptors (Lipinski definition) is 3. The van der Waals surface area contributed by atoms with Crippen LogP contribution in [-0.4, -0.2) is 40.6 Å². The molecule has 0 atom stereocenters. The molecule has 1 heterocycles. The van der Waals surface area contributed by atoms with Crippen molar-refractivity contribution in [1.29, 1.82) is 0 Å². The molecule has 0 saturated carbocycles. The summed E-state index contributed by atoms with van der Waals surface area (Å²) >= 11 is 0. The van der Waals surface area contributed by atoms with E-state index in [0.29, 0.717) is 5.69 Å². The summed E-state index contributed by atoms with van der Waals surface area (Å²) in [4.78, 5) is 25.8. The van der Waals surface area contributed by atoms with E-state index in [1.54, 1.807) is 25.8 Å². The first-order valence-electron chi connectivity index (χ1n) is 6.89. The summed E-state index contributed by atoms with van der Waals surface area (Å²) < 4.78 is 1.61. The second kappa shape index (κ2) is 6.54. The van der Waals surface area contributed by atoms with Gasteiger partial charge in [-0.05, 0) is 19.8 Å². The Hall–Kier alpha value is -1.85. The fourth-order valence-electron chi connectivity index (χ4n) is 2.00. The quantitative estimate of drug-likeness (QED) is 0.894. The molecule has 112 valence electrons. The van der Waals surface area contributed by atoms with Crippen molar-refractivity contribution < 1.29 is 9.59 Å². The fourth-order valence-corrected chi connectivity index (χ4v) is 2.00. The van der Waals surface area contributed by atoms with E-state index in [9.17, 15) is 9.59 Å². The number of carbonyl (C=O) groups is 2. The maximum Gasteiger partial charge on any atom is 0.276 e. The van der Waals surface area contributed by atoms with E-state index in [2.05, 4.69) is 10.4 Å². The Morgan fingerprint density at radius 1 is 1.30 bits per heavy atom. The van der Waals surface area contributed by atoms with Crippen LogP contribution in [0.3, 0.4) is 0 Å². The molecule has 1 aromatic rings. The highest BCUT2D eigenvalue weighted by Crippen LogP contribution is 2.22. The van der Waals surface area contributed by atoms with E-state index in [1.807, 2.05) is 20.8 Å². The van der Waals surface area contributed by atoms with Crippen molar-refractivity contribution >= 4 is 17.5 Å². The Kier molecular flexibility index (Phi) is 5.30. The first-order chi connectivity index (χ1) is 9.33. The van der Waals surface area contributed by atoms with Crippen LogP contribution in [0.1, 0.15) is 42.9 Å². The Morgan fingerprint density at radius 3 is 2.30 bits per heavy atom. The third kappa shape index (κ3) is 3.18. The molecule has 0 unspecified atom stereocenters. The molecule has 0 radical (unpaired) electrons. The number of carbonyl (C=O) groups excluding carboxylic acids is 2. The molecule has 0 aliphatic rings. The Balaban J connectivity index is 3.11. The second-order valence-corrected chi connectivity index (χ2v) is 5.13. The van der Waals surface area contributed by atoms with Gasteiger partial charge in [0.05, 0.1) is 11.4 Å². The molecular formula is C14H24N4O2. The summed E-state index contributed by atoms with van der Waals surface area (Å²) in [5.41, 5.74) is 1.58. The van der Waals surface area contributed by atoms with Crippen molar-refractivity contribution in [2.24, 2.45) is 13.0 Å². The van der Waals surface area contributed by atoms with Gasteiger partial charge >= 0.3 is 0 Å². The zero-order chi connectivity index (χ0) is 15.4. The molecule has 0 aromatic carbocycles. The van der Waals surface area contributed by atoms with Gasteiger partial charge in [0.15, 0.2) is 5.69 Å². The number of aromatic nitrogens is 2. The van der Waals surface area contributed by atoms with Gasteiger partial charge in [0.25, 0.3) is 5.91 Å². The van der Waals surface area contributed by atoms with E-state index >= 15 is 0 Å². The molecule has 0 aliphatic heterocycles. The lowest BCUT2D eigenvalue weighted by Gasteiger charge is -2.14. The van der Waals surface area contributed by atoms with E-state index in [0.717, 1.165) is 18.5 Å². The predicted octanol–water partition coefficient (Wildman–Crippen LogP) is 1.81. The zero-order valence-electron chi connectivity index (χ0n) is 13.1. The summed E-state index contributed by atoms with van der Waals surface area (Å²) in [7, 11) is 5.09. The Morgan fingerprint density at radius 2 is 1.85 bits per heavy atom. The van der Waals surface area contributed by atoms with Gasteiger partial charge in [0, 0.05) is 27.1 Å². The van der Waals surface area contributed by atoms with Crippen LogP contribution < -0.4 is 5.32 Å². The minimum atomic E-state index is -0.214. The van der Waals surface area contributed by atoms with Crippen LogP contribution in [0.5, 0.6) is 0 Å². The molecule has 6 nitrogen and oxygen atoms in total. The van der Waals surface area contributed by atoms with Gasteiger partial charge in [-0.2, -0.15) is 5.10 Å². The lowest BCUT2D eigenvalue weighted by atomic mass is 10.0. The number of hydrogen-bond donors (Lipinski definition) is 1. The summed E-state index contributed by atoms with van der Waals surface area (Å²) in [5, 5.41) is 7.07. The summed E-state index contributed by atoms with van der Waals surface area (Å²) in [5.74, 6) is -0.315. The van der Waals surface area contributed by atoms with Crippen molar-refractivity contribution in [3.63, 3.8) is 0 Å². The number of nitrogens with zero attached hydrogens (tertiary/aromatic N) is 3. The second-order valence-electron chi connectivity index (χ2n) is 5.13. The average Bonchev–Trinajstić information content (AvgIpc) is 2.67. The highest BCUT2D eigenvalue weighted by Gasteiger charge is 2.24. The van der Waals surface area contributed by atoms with Gasteiger partial charge in [-0.1, -0.05) is 13.8 Å². The van der Waals surface area contributed by atoms with Gasteiger partial charge in [0.1, 0.15) is 0 Å². The zero-order valence-corrected chi connectivity index (χ0v) is 13.1. The van der Waals surface area contributed by atoms with Crippen LogP contribution in [0, 0.1) is 12.8 Å². The number of amides is 2. The maximum absolute atomic E-state index is 12.2. The van der Waals surface area contributed by atoms with Crippen LogP contribution in [0.2, 0.25) is 0 Å². The van der Waals surface area contributed by atoms with Crippen molar-refractivity contribution in [3.05, 3.63) is 11.4 Å². The first kappa shape index (κ1) is 16.2. The van der Waals surface area contributed by atoms with E-state index in [-0.39, 0.29) is 23.4 Å². The summed E-state index contributed by atoms with van der Waals surface area (Å²) in [6.45, 7) is 5.80. The largest absolute Gasteiger partial charge is 0.343 e. The van der Waals surface area contributed by atoms with Crippen LogP contribution in [0.4, 0.5) is 5.69 Å². The van der Waals surface area contributed by atoms with Crippen molar-refractivity contribution in [2.75, 3.05) is 19.4 Å². The molecule has 1 aromatic heterocycles. The van der Waals surface area contributed by atoms with Gasteiger partial charge in [-0.25, -0.2) is 0 Å². The van der Waals surface area contributed by atoms with Gasteiger partial charge in [-0.15, -0.1) is 0 Å². The molecule has 6 heteroatoms. The lowest BCUT2D eigenvalue weighted by Crippen LogP contribution is -2.26. The van der Waals surface area contributed by atoms with Crippen LogP contribution in [0.25, 0.3) is 0 Å². The van der Waals surface area contributed by atoms with Crippen LogP contribution in [0.15, 0.2) is 0 Å². The third-order valence-electron chi connectivity index (χ3n) is 3.55. The Bertz CT molecular complexity index is 502. The predicted molar refractivity (Wildman–Crippen MR) is 78.7 cm³/mol. The summed E-state index contributed by atoms with van der Waals surface area (Å²) in [6, 6.07) is 0. The normalized spacial score (nSPS) is 10.8. The number of aryl methyl sites for hydroxylation is 1. The molecule has 0 bridgehead atoms. The molecule has 20 heavy (non-hydrogen) atoms. The van der Waals surface area contributed by atoms with Crippen molar-refractivity contribution in [3.8, 4) is 0 Å². The van der Waals surface area contributed by atoms with E-state index in [1.165, 1.54) is 4.90 Å². The van der Waals surface area contributed by atoms with Gasteiger partial charge < -0.3 is 10.2 Å². The first-order valence-corrected chi connectivity index (χ1v) is 6.89. The molecule has 1 N–H and O–H groups in total. The third-order valence-corrected chi connectivity index (χ3v) is 3.55. The van der Waals surface area contributed by atoms with Crippen LogP contribution >= 0.6 is 0 Å². The maximum atomic E-state index is 12.2. The SMILES string of the molecule is CCC(CC)C(=O)Nc1c(C(=O)N(C)C)nn(C)c1C. The standard InChI is InChI=1S/C14H24N4O2/c1-7-10(8-2)13(19)15-11-9(3)18(6)16-12(11)14(20)17(4)5/h10H,7-8H2,1-6H3,(H,15,19). The highest BCUT2D eigenvalue weighted by molar-refractivity contribution is 6.03. The number of nitrogens with one attached hydrogen (secondary N) is 1. The monoisotopic (exact) mass is 280 g/mol. The van der Waals surface area contributed by atoms with Gasteiger partial charge in [-0.3, -0.25) is 14.3 Å². The molecule has 0 saturated heterocycles. The fraction of sp³-hybridized carbons (Fsp3) is 0.643. The topological polar surface area (TPSA) is 67.2 Å².